The maximum absolute atomic E-state index is 13.5. The van der Waals surface area contributed by atoms with Gasteiger partial charge < -0.3 is 5.11 Å². The minimum absolute atomic E-state index is 0.147. The Morgan fingerprint density at radius 1 is 1.00 bits per heavy atom. The smallest absolute Gasteiger partial charge is 0.388 e. The third-order valence-electron chi connectivity index (χ3n) is 3.08. The zero-order valence-electron chi connectivity index (χ0n) is 11.1. The van der Waals surface area contributed by atoms with E-state index in [4.69, 9.17) is 0 Å². The van der Waals surface area contributed by atoms with Crippen molar-refractivity contribution in [2.24, 2.45) is 0 Å². The van der Waals surface area contributed by atoms with Gasteiger partial charge in [-0.15, -0.1) is 0 Å². The molecule has 0 saturated heterocycles. The second-order valence-corrected chi connectivity index (χ2v) is 4.69. The van der Waals surface area contributed by atoms with Gasteiger partial charge in [0.1, 0.15) is 0 Å². The Labute approximate surface area is 120 Å². The minimum Gasteiger partial charge on any atom is -0.388 e. The highest BCUT2D eigenvalue weighted by Gasteiger charge is 2.72. The van der Waals surface area contributed by atoms with E-state index in [2.05, 4.69) is 0 Å². The van der Waals surface area contributed by atoms with Crippen molar-refractivity contribution in [3.63, 3.8) is 0 Å². The van der Waals surface area contributed by atoms with Gasteiger partial charge in [-0.05, 0) is 12.5 Å². The standard InChI is InChI=1S/C13H11F7O2/c1-7(21)8-2-4-9(5-3-8)10(22)6-11(14,12(15,16)17)13(18,19)20/h2-5,10,22H,6H2,1H3. The second kappa shape index (κ2) is 5.86. The van der Waals surface area contributed by atoms with Crippen molar-refractivity contribution < 1.29 is 40.6 Å². The zero-order valence-corrected chi connectivity index (χ0v) is 11.1. The number of halogens is 7. The third-order valence-corrected chi connectivity index (χ3v) is 3.08. The molecule has 0 aromatic heterocycles. The lowest BCUT2D eigenvalue weighted by Crippen LogP contribution is -2.54. The largest absolute Gasteiger partial charge is 0.431 e. The molecule has 1 unspecified atom stereocenters. The molecular formula is C13H11F7O2. The van der Waals surface area contributed by atoms with Gasteiger partial charge in [-0.3, -0.25) is 4.79 Å². The monoisotopic (exact) mass is 332 g/mol. The summed E-state index contributed by atoms with van der Waals surface area (Å²) in [4.78, 5) is 11.0. The Hall–Kier alpha value is -1.64. The van der Waals surface area contributed by atoms with Crippen molar-refractivity contribution in [2.75, 3.05) is 0 Å². The number of aliphatic hydroxyl groups excluding tert-OH is 1. The number of Topliss-reactive ketones (excluding diaryl/α,β-unsaturated/α-hetero) is 1. The molecule has 1 aromatic rings. The lowest BCUT2D eigenvalue weighted by molar-refractivity contribution is -0.347. The van der Waals surface area contributed by atoms with Crippen LogP contribution in [0.3, 0.4) is 0 Å². The third kappa shape index (κ3) is 3.57. The summed E-state index contributed by atoms with van der Waals surface area (Å²) >= 11 is 0. The molecule has 1 aromatic carbocycles. The van der Waals surface area contributed by atoms with E-state index < -0.39 is 30.5 Å². The van der Waals surface area contributed by atoms with E-state index >= 15 is 0 Å². The molecule has 1 N–H and O–H groups in total. The van der Waals surface area contributed by atoms with Crippen LogP contribution in [0, 0.1) is 0 Å². The Bertz CT molecular complexity index is 517. The second-order valence-electron chi connectivity index (χ2n) is 4.69. The van der Waals surface area contributed by atoms with E-state index in [1.807, 2.05) is 0 Å². The normalized spacial score (nSPS) is 14.8. The van der Waals surface area contributed by atoms with Crippen molar-refractivity contribution in [1.29, 1.82) is 0 Å². The predicted octanol–water partition coefficient (Wildman–Crippen LogP) is 4.15. The van der Waals surface area contributed by atoms with E-state index in [-0.39, 0.29) is 16.9 Å². The average Bonchev–Trinajstić information content (AvgIpc) is 2.36. The molecule has 0 spiro atoms. The van der Waals surface area contributed by atoms with E-state index in [1.165, 1.54) is 6.92 Å². The number of carbonyl (C=O) groups is 1. The molecular weight excluding hydrogens is 321 g/mol. The highest BCUT2D eigenvalue weighted by atomic mass is 19.4. The molecule has 9 heteroatoms. The quantitative estimate of drug-likeness (QED) is 0.664. The highest BCUT2D eigenvalue weighted by Crippen LogP contribution is 2.50. The average molecular weight is 332 g/mol. The molecule has 0 heterocycles. The van der Waals surface area contributed by atoms with Gasteiger partial charge in [-0.25, -0.2) is 4.39 Å². The SMILES string of the molecule is CC(=O)c1ccc(C(O)CC(F)(C(F)(F)F)C(F)(F)F)cc1. The van der Waals surface area contributed by atoms with Crippen molar-refractivity contribution in [2.45, 2.75) is 37.5 Å². The van der Waals surface area contributed by atoms with Gasteiger partial charge in [-0.1, -0.05) is 24.3 Å². The lowest BCUT2D eigenvalue weighted by atomic mass is 9.92. The predicted molar refractivity (Wildman–Crippen MR) is 62.0 cm³/mol. The number of carbonyl (C=O) groups excluding carboxylic acids is 1. The molecule has 1 rings (SSSR count). The number of alkyl halides is 7. The Morgan fingerprint density at radius 3 is 1.73 bits per heavy atom. The van der Waals surface area contributed by atoms with Crippen molar-refractivity contribution in [3.8, 4) is 0 Å². The van der Waals surface area contributed by atoms with Gasteiger partial charge in [0.25, 0.3) is 0 Å². The Kier molecular flexibility index (Phi) is 4.91. The van der Waals surface area contributed by atoms with Gasteiger partial charge in [0.05, 0.1) is 6.10 Å². The minimum atomic E-state index is -6.22. The summed E-state index contributed by atoms with van der Waals surface area (Å²) in [5.41, 5.74) is -5.74. The molecule has 0 amide bonds. The molecule has 124 valence electrons. The van der Waals surface area contributed by atoms with Crippen LogP contribution in [0.25, 0.3) is 0 Å². The molecule has 0 radical (unpaired) electrons. The van der Waals surface area contributed by atoms with Crippen LogP contribution in [-0.2, 0) is 0 Å². The maximum Gasteiger partial charge on any atom is 0.431 e. The molecule has 0 aliphatic carbocycles. The number of rotatable bonds is 4. The number of aliphatic hydroxyl groups is 1. The van der Waals surface area contributed by atoms with Crippen LogP contribution in [0.1, 0.15) is 35.4 Å². The molecule has 0 bridgehead atoms. The number of hydrogen-bond acceptors (Lipinski definition) is 2. The number of benzene rings is 1. The fourth-order valence-corrected chi connectivity index (χ4v) is 1.72. The summed E-state index contributed by atoms with van der Waals surface area (Å²) in [5, 5.41) is 9.49. The van der Waals surface area contributed by atoms with E-state index in [0.717, 1.165) is 24.3 Å². The van der Waals surface area contributed by atoms with Crippen LogP contribution in [-0.4, -0.2) is 28.9 Å². The molecule has 0 aliphatic rings. The van der Waals surface area contributed by atoms with Gasteiger partial charge in [0.2, 0.25) is 0 Å². The number of ketones is 1. The molecule has 2 nitrogen and oxygen atoms in total. The number of hydrogen-bond donors (Lipinski definition) is 1. The van der Waals surface area contributed by atoms with Gasteiger partial charge >= 0.3 is 18.0 Å². The zero-order chi connectivity index (χ0) is 17.3. The van der Waals surface area contributed by atoms with Gasteiger partial charge in [-0.2, -0.15) is 26.3 Å². The topological polar surface area (TPSA) is 37.3 Å². The first-order chi connectivity index (χ1) is 9.79. The summed E-state index contributed by atoms with van der Waals surface area (Å²) in [7, 11) is 0. The van der Waals surface area contributed by atoms with Crippen LogP contribution >= 0.6 is 0 Å². The Balaban J connectivity index is 3.07. The van der Waals surface area contributed by atoms with Crippen molar-refractivity contribution in [3.05, 3.63) is 35.4 Å². The van der Waals surface area contributed by atoms with Gasteiger partial charge in [0.15, 0.2) is 5.78 Å². The van der Waals surface area contributed by atoms with Gasteiger partial charge in [0, 0.05) is 12.0 Å². The summed E-state index contributed by atoms with van der Waals surface area (Å²) in [5.74, 6) is -0.383. The van der Waals surface area contributed by atoms with Crippen LogP contribution in [0.4, 0.5) is 30.7 Å². The molecule has 1 atom stereocenters. The summed E-state index contributed by atoms with van der Waals surface area (Å²) in [6, 6.07) is 4.16. The first-order valence-electron chi connectivity index (χ1n) is 5.91. The fourth-order valence-electron chi connectivity index (χ4n) is 1.72. The fraction of sp³-hybridized carbons (Fsp3) is 0.462. The molecule has 0 aliphatic heterocycles. The van der Waals surface area contributed by atoms with E-state index in [0.29, 0.717) is 0 Å². The van der Waals surface area contributed by atoms with E-state index in [9.17, 15) is 40.6 Å². The van der Waals surface area contributed by atoms with Crippen molar-refractivity contribution in [1.82, 2.24) is 0 Å². The van der Waals surface area contributed by atoms with Crippen LogP contribution in [0.15, 0.2) is 24.3 Å². The van der Waals surface area contributed by atoms with E-state index in [1.54, 1.807) is 0 Å². The highest BCUT2D eigenvalue weighted by molar-refractivity contribution is 5.94. The molecule has 22 heavy (non-hydrogen) atoms. The van der Waals surface area contributed by atoms with Crippen molar-refractivity contribution >= 4 is 5.78 Å². The first-order valence-corrected chi connectivity index (χ1v) is 5.91. The lowest BCUT2D eigenvalue weighted by Gasteiger charge is -2.31. The summed E-state index contributed by atoms with van der Waals surface area (Å²) in [6.07, 6.45) is -17.0. The van der Waals surface area contributed by atoms with Crippen LogP contribution < -0.4 is 0 Å². The summed E-state index contributed by atoms with van der Waals surface area (Å²) in [6.45, 7) is 1.20. The molecule has 0 fully saturated rings. The summed E-state index contributed by atoms with van der Waals surface area (Å²) < 4.78 is 87.9. The first kappa shape index (κ1) is 18.4. The maximum atomic E-state index is 13.5. The molecule has 0 saturated carbocycles. The Morgan fingerprint density at radius 2 is 1.41 bits per heavy atom. The van der Waals surface area contributed by atoms with Crippen LogP contribution in [0.2, 0.25) is 0 Å². The van der Waals surface area contributed by atoms with Crippen LogP contribution in [0.5, 0.6) is 0 Å².